The number of halogens is 1. The topological polar surface area (TPSA) is 105 Å². The second-order valence-corrected chi connectivity index (χ2v) is 6.34. The van der Waals surface area contributed by atoms with Crippen LogP contribution in [0.4, 0.5) is 0 Å². The van der Waals surface area contributed by atoms with Crippen LogP contribution in [0.3, 0.4) is 0 Å². The second-order valence-electron chi connectivity index (χ2n) is 6.34. The lowest BCUT2D eigenvalue weighted by Crippen LogP contribution is -2.13. The summed E-state index contributed by atoms with van der Waals surface area (Å²) in [4.78, 5) is 34.9. The fraction of sp³-hybridized carbons (Fsp3) is 0.0526. The first-order chi connectivity index (χ1) is 13.0. The molecular weight excluding hydrogens is 382 g/mol. The molecule has 0 amide bonds. The fourth-order valence-corrected chi connectivity index (χ4v) is 3.49. The van der Waals surface area contributed by atoms with Crippen molar-refractivity contribution in [2.75, 3.05) is 0 Å². The number of hydrogen-bond donors (Lipinski definition) is 2. The number of H-pyrrole nitrogens is 1. The maximum Gasteiger partial charge on any atom is 0.356 e. The molecule has 0 bridgehead atoms. The van der Waals surface area contributed by atoms with Crippen LogP contribution in [0.15, 0.2) is 47.8 Å². The third kappa shape index (κ3) is 2.39. The molecule has 0 atom stereocenters. The second kappa shape index (κ2) is 6.21. The maximum absolute atomic E-state index is 12.5. The fourth-order valence-electron chi connectivity index (χ4n) is 3.49. The number of carbonyl (C=O) groups is 1. The Bertz CT molecular complexity index is 1500. The lowest BCUT2D eigenvalue weighted by molar-refractivity contribution is 0.0691. The average Bonchev–Trinajstić information content (AvgIpc) is 3.33. The highest BCUT2D eigenvalue weighted by molar-refractivity contribution is 6.10. The first kappa shape index (κ1) is 17.7. The number of nitrogens with one attached hydrogen (secondary N) is 1. The van der Waals surface area contributed by atoms with Crippen LogP contribution in [0.25, 0.3) is 33.5 Å². The summed E-state index contributed by atoms with van der Waals surface area (Å²) in [6.07, 6.45) is 6.80. The van der Waals surface area contributed by atoms with Crippen LogP contribution in [-0.4, -0.2) is 35.0 Å². The van der Waals surface area contributed by atoms with Crippen molar-refractivity contribution in [3.8, 4) is 0 Å². The molecule has 8 nitrogen and oxygen atoms in total. The highest BCUT2D eigenvalue weighted by atomic mass is 35.5. The molecular formula is C19H14ClN5O3. The minimum atomic E-state index is -1.18. The number of fused-ring (bicyclic) bond motifs is 5. The minimum absolute atomic E-state index is 0. The zero-order chi connectivity index (χ0) is 18.7. The highest BCUT2D eigenvalue weighted by Crippen LogP contribution is 2.22. The van der Waals surface area contributed by atoms with Crippen LogP contribution in [0.2, 0.25) is 0 Å². The SMILES string of the molecule is Cl.Cn1cncc1C=c1c2ccccc2c2[nH]c(=O)c3nc(C(=O)O)cn3c12. The summed E-state index contributed by atoms with van der Waals surface area (Å²) in [5.74, 6) is -1.18. The predicted molar refractivity (Wildman–Crippen MR) is 107 cm³/mol. The molecule has 0 saturated carbocycles. The van der Waals surface area contributed by atoms with E-state index in [2.05, 4.69) is 15.0 Å². The number of benzene rings is 1. The summed E-state index contributed by atoms with van der Waals surface area (Å²) in [6, 6.07) is 7.72. The largest absolute Gasteiger partial charge is 0.476 e. The highest BCUT2D eigenvalue weighted by Gasteiger charge is 2.17. The number of hydrogen-bond acceptors (Lipinski definition) is 4. The Labute approximate surface area is 163 Å². The van der Waals surface area contributed by atoms with Gasteiger partial charge in [-0.2, -0.15) is 0 Å². The van der Waals surface area contributed by atoms with Gasteiger partial charge in [0.15, 0.2) is 5.69 Å². The van der Waals surface area contributed by atoms with Crippen LogP contribution >= 0.6 is 12.4 Å². The van der Waals surface area contributed by atoms with Gasteiger partial charge in [-0.3, -0.25) is 9.20 Å². The van der Waals surface area contributed by atoms with E-state index in [9.17, 15) is 14.7 Å². The van der Waals surface area contributed by atoms with E-state index in [0.29, 0.717) is 11.0 Å². The number of aromatic amines is 1. The summed E-state index contributed by atoms with van der Waals surface area (Å²) in [7, 11) is 1.89. The Morgan fingerprint density at radius 3 is 2.68 bits per heavy atom. The number of nitrogens with zero attached hydrogens (tertiary/aromatic N) is 4. The van der Waals surface area contributed by atoms with Gasteiger partial charge in [-0.25, -0.2) is 14.8 Å². The molecule has 140 valence electrons. The standard InChI is InChI=1S/C19H13N5O3.ClH/c1-23-9-20-7-10(23)6-13-11-4-2-3-5-12(11)15-16(13)24-8-14(19(26)27)21-17(24)18(25)22-15;/h2-9H,1H3,(H,22,25)(H,26,27);1H. The van der Waals surface area contributed by atoms with E-state index in [1.165, 1.54) is 6.20 Å². The van der Waals surface area contributed by atoms with E-state index in [4.69, 9.17) is 0 Å². The van der Waals surface area contributed by atoms with Crippen molar-refractivity contribution in [2.24, 2.45) is 7.05 Å². The molecule has 5 rings (SSSR count). The maximum atomic E-state index is 12.5. The monoisotopic (exact) mass is 395 g/mol. The molecule has 0 radical (unpaired) electrons. The van der Waals surface area contributed by atoms with Crippen molar-refractivity contribution in [1.82, 2.24) is 23.9 Å². The average molecular weight is 396 g/mol. The third-order valence-corrected chi connectivity index (χ3v) is 4.73. The van der Waals surface area contributed by atoms with Crippen molar-refractivity contribution >= 4 is 51.9 Å². The molecule has 0 saturated heterocycles. The lowest BCUT2D eigenvalue weighted by Gasteiger charge is -1.98. The van der Waals surface area contributed by atoms with Crippen molar-refractivity contribution in [3.05, 3.63) is 69.9 Å². The number of aromatic carboxylic acids is 1. The Hall–Kier alpha value is -3.65. The number of aromatic nitrogens is 5. The summed E-state index contributed by atoms with van der Waals surface area (Å²) in [6.45, 7) is 0. The summed E-state index contributed by atoms with van der Waals surface area (Å²) < 4.78 is 3.44. The molecule has 0 unspecified atom stereocenters. The molecule has 3 aromatic heterocycles. The van der Waals surface area contributed by atoms with Crippen LogP contribution in [0.1, 0.15) is 16.2 Å². The van der Waals surface area contributed by atoms with E-state index >= 15 is 0 Å². The molecule has 0 aliphatic rings. The normalized spacial score (nSPS) is 12.1. The molecule has 9 heteroatoms. The molecule has 28 heavy (non-hydrogen) atoms. The molecule has 2 N–H and O–H groups in total. The number of aryl methyl sites for hydroxylation is 1. The molecule has 0 spiro atoms. The Morgan fingerprint density at radius 1 is 1.25 bits per heavy atom. The van der Waals surface area contributed by atoms with Gasteiger partial charge in [-0.1, -0.05) is 24.3 Å². The van der Waals surface area contributed by atoms with Crippen molar-refractivity contribution < 1.29 is 9.90 Å². The quantitative estimate of drug-likeness (QED) is 0.473. The van der Waals surface area contributed by atoms with Gasteiger partial charge in [0.25, 0.3) is 5.56 Å². The molecule has 5 aromatic rings. The molecule has 0 aliphatic carbocycles. The molecule has 0 fully saturated rings. The minimum Gasteiger partial charge on any atom is -0.476 e. The van der Waals surface area contributed by atoms with Gasteiger partial charge in [0.2, 0.25) is 5.65 Å². The van der Waals surface area contributed by atoms with Crippen molar-refractivity contribution in [1.29, 1.82) is 0 Å². The molecule has 0 aliphatic heterocycles. The van der Waals surface area contributed by atoms with Crippen LogP contribution in [0, 0.1) is 0 Å². The van der Waals surface area contributed by atoms with Crippen LogP contribution in [0.5, 0.6) is 0 Å². The van der Waals surface area contributed by atoms with Gasteiger partial charge in [0.05, 0.1) is 29.3 Å². The summed E-state index contributed by atoms with van der Waals surface area (Å²) in [5.41, 5.74) is 1.67. The van der Waals surface area contributed by atoms with Crippen LogP contribution in [-0.2, 0) is 7.05 Å². The van der Waals surface area contributed by atoms with E-state index in [1.807, 2.05) is 42.0 Å². The van der Waals surface area contributed by atoms with E-state index in [1.54, 1.807) is 16.9 Å². The first-order valence-electron chi connectivity index (χ1n) is 8.21. The zero-order valence-electron chi connectivity index (χ0n) is 14.6. The van der Waals surface area contributed by atoms with Gasteiger partial charge in [0.1, 0.15) is 0 Å². The summed E-state index contributed by atoms with van der Waals surface area (Å²) >= 11 is 0. The molecule has 3 heterocycles. The Kier molecular flexibility index (Phi) is 3.93. The van der Waals surface area contributed by atoms with E-state index < -0.39 is 11.5 Å². The van der Waals surface area contributed by atoms with E-state index in [-0.39, 0.29) is 23.7 Å². The smallest absolute Gasteiger partial charge is 0.356 e. The lowest BCUT2D eigenvalue weighted by atomic mass is 10.2. The first-order valence-corrected chi connectivity index (χ1v) is 8.21. The van der Waals surface area contributed by atoms with Gasteiger partial charge < -0.3 is 14.7 Å². The number of carboxylic acid groups (broad SMARTS) is 1. The summed E-state index contributed by atoms with van der Waals surface area (Å²) in [5, 5.41) is 12.0. The number of imidazole rings is 2. The molecule has 2 aromatic carbocycles. The van der Waals surface area contributed by atoms with Crippen molar-refractivity contribution in [2.45, 2.75) is 0 Å². The van der Waals surface area contributed by atoms with Gasteiger partial charge in [-0.05, 0) is 11.5 Å². The predicted octanol–water partition coefficient (Wildman–Crippen LogP) is 1.73. The van der Waals surface area contributed by atoms with Gasteiger partial charge in [0, 0.05) is 23.8 Å². The van der Waals surface area contributed by atoms with Gasteiger partial charge in [-0.15, -0.1) is 12.4 Å². The number of rotatable bonds is 2. The van der Waals surface area contributed by atoms with E-state index in [0.717, 1.165) is 21.7 Å². The Balaban J connectivity index is 0.00000192. The van der Waals surface area contributed by atoms with Gasteiger partial charge >= 0.3 is 5.97 Å². The van der Waals surface area contributed by atoms with Crippen molar-refractivity contribution in [3.63, 3.8) is 0 Å². The van der Waals surface area contributed by atoms with Crippen LogP contribution < -0.4 is 10.8 Å². The number of carboxylic acids is 1. The third-order valence-electron chi connectivity index (χ3n) is 4.73. The zero-order valence-corrected chi connectivity index (χ0v) is 15.4. The Morgan fingerprint density at radius 2 is 2.00 bits per heavy atom.